The smallest absolute Gasteiger partial charge is 0.0476 e. The predicted molar refractivity (Wildman–Crippen MR) is 91.7 cm³/mol. The Kier molecular flexibility index (Phi) is 4.31. The second kappa shape index (κ2) is 6.02. The van der Waals surface area contributed by atoms with Gasteiger partial charge in [0.25, 0.3) is 0 Å². The first-order valence-electron chi connectivity index (χ1n) is 6.68. The first-order chi connectivity index (χ1) is 9.69. The zero-order chi connectivity index (χ0) is 14.1. The van der Waals surface area contributed by atoms with Crippen molar-refractivity contribution in [3.05, 3.63) is 67.7 Å². The van der Waals surface area contributed by atoms with E-state index < -0.39 is 0 Å². The van der Waals surface area contributed by atoms with Crippen molar-refractivity contribution in [3.63, 3.8) is 0 Å². The summed E-state index contributed by atoms with van der Waals surface area (Å²) in [5, 5.41) is 0.759. The van der Waals surface area contributed by atoms with Crippen LogP contribution < -0.4 is 11.3 Å². The van der Waals surface area contributed by atoms with Gasteiger partial charge in [-0.2, -0.15) is 0 Å². The summed E-state index contributed by atoms with van der Waals surface area (Å²) in [6.45, 7) is 0. The van der Waals surface area contributed by atoms with Gasteiger partial charge in [-0.15, -0.1) is 0 Å². The molecule has 0 saturated heterocycles. The van der Waals surface area contributed by atoms with E-state index in [-0.39, 0.29) is 6.04 Å². The second-order valence-electron chi connectivity index (χ2n) is 5.22. The van der Waals surface area contributed by atoms with Gasteiger partial charge < -0.3 is 0 Å². The van der Waals surface area contributed by atoms with Crippen molar-refractivity contribution in [2.75, 3.05) is 0 Å². The van der Waals surface area contributed by atoms with Crippen LogP contribution in [0.3, 0.4) is 0 Å². The minimum Gasteiger partial charge on any atom is -0.271 e. The molecule has 0 bridgehead atoms. The molecule has 1 aliphatic carbocycles. The van der Waals surface area contributed by atoms with Gasteiger partial charge >= 0.3 is 0 Å². The van der Waals surface area contributed by atoms with Crippen LogP contribution in [0.4, 0.5) is 0 Å². The molecule has 2 atom stereocenters. The summed E-state index contributed by atoms with van der Waals surface area (Å²) in [6.07, 6.45) is 2.15. The highest BCUT2D eigenvalue weighted by Gasteiger charge is 2.28. The van der Waals surface area contributed by atoms with Crippen molar-refractivity contribution >= 4 is 34.2 Å². The molecule has 20 heavy (non-hydrogen) atoms. The molecule has 3 N–H and O–H groups in total. The van der Waals surface area contributed by atoms with Crippen molar-refractivity contribution < 1.29 is 0 Å². The van der Waals surface area contributed by atoms with Gasteiger partial charge in [0, 0.05) is 14.6 Å². The first kappa shape index (κ1) is 14.3. The summed E-state index contributed by atoms with van der Waals surface area (Å²) in [6, 6.07) is 14.8. The summed E-state index contributed by atoms with van der Waals surface area (Å²) in [4.78, 5) is 0. The summed E-state index contributed by atoms with van der Waals surface area (Å²) < 4.78 is 1.20. The lowest BCUT2D eigenvalue weighted by Gasteiger charge is -2.33. The normalized spacial score (nSPS) is 18.2. The number of nitrogens with two attached hydrogens (primary N) is 1. The van der Waals surface area contributed by atoms with Crippen LogP contribution in [-0.2, 0) is 6.42 Å². The molecular formula is C16H16ClIN2. The van der Waals surface area contributed by atoms with Gasteiger partial charge in [0.15, 0.2) is 0 Å². The Bertz CT molecular complexity index is 630. The predicted octanol–water partition coefficient (Wildman–Crippen LogP) is 4.18. The third-order valence-electron chi connectivity index (χ3n) is 4.02. The lowest BCUT2D eigenvalue weighted by atomic mass is 9.74. The molecule has 4 heteroatoms. The fourth-order valence-corrected chi connectivity index (χ4v) is 3.82. The molecule has 0 spiro atoms. The molecule has 0 amide bonds. The number of benzene rings is 2. The maximum absolute atomic E-state index is 6.11. The molecular weight excluding hydrogens is 383 g/mol. The van der Waals surface area contributed by atoms with E-state index in [9.17, 15) is 0 Å². The number of halogens is 2. The Labute approximate surface area is 137 Å². The minimum atomic E-state index is 0.138. The number of fused-ring (bicyclic) bond motifs is 1. The monoisotopic (exact) mass is 398 g/mol. The summed E-state index contributed by atoms with van der Waals surface area (Å²) >= 11 is 8.45. The van der Waals surface area contributed by atoms with E-state index in [0.717, 1.165) is 17.9 Å². The third kappa shape index (κ3) is 2.72. The molecule has 104 valence electrons. The molecule has 2 nitrogen and oxygen atoms in total. The minimum absolute atomic E-state index is 0.138. The van der Waals surface area contributed by atoms with Crippen molar-refractivity contribution in [1.29, 1.82) is 0 Å². The topological polar surface area (TPSA) is 38.0 Å². The molecule has 0 radical (unpaired) electrons. The maximum atomic E-state index is 6.11. The number of rotatable bonds is 4. The number of nitrogens with one attached hydrogen (secondary N) is 1. The highest BCUT2D eigenvalue weighted by molar-refractivity contribution is 14.1. The Hall–Kier alpha value is -0.620. The van der Waals surface area contributed by atoms with Gasteiger partial charge in [-0.25, -0.2) is 0 Å². The molecule has 0 saturated carbocycles. The van der Waals surface area contributed by atoms with Gasteiger partial charge in [0.1, 0.15) is 0 Å². The number of hydrogen-bond acceptors (Lipinski definition) is 2. The van der Waals surface area contributed by atoms with Crippen LogP contribution in [0, 0.1) is 3.57 Å². The SMILES string of the molecule is NNC(CC1Cc2ccccc21)c1cc(Cl)ccc1I. The fourth-order valence-electron chi connectivity index (χ4n) is 2.92. The van der Waals surface area contributed by atoms with Gasteiger partial charge in [-0.3, -0.25) is 11.3 Å². The van der Waals surface area contributed by atoms with Crippen LogP contribution in [-0.4, -0.2) is 0 Å². The van der Waals surface area contributed by atoms with Crippen LogP contribution in [0.2, 0.25) is 5.02 Å². The average molecular weight is 399 g/mol. The maximum Gasteiger partial charge on any atom is 0.0476 e. The quantitative estimate of drug-likeness (QED) is 0.461. The van der Waals surface area contributed by atoms with Crippen LogP contribution in [0.15, 0.2) is 42.5 Å². The standard InChI is InChI=1S/C16H16ClIN2/c17-12-5-6-15(18)14(9-12)16(20-19)8-11-7-10-3-1-2-4-13(10)11/h1-6,9,11,16,20H,7-8,19H2. The molecule has 0 fully saturated rings. The van der Waals surface area contributed by atoms with E-state index in [0.29, 0.717) is 5.92 Å². The van der Waals surface area contributed by atoms with Crippen molar-refractivity contribution in [2.24, 2.45) is 5.84 Å². The number of hydrogen-bond donors (Lipinski definition) is 2. The van der Waals surface area contributed by atoms with E-state index in [4.69, 9.17) is 17.4 Å². The van der Waals surface area contributed by atoms with Gasteiger partial charge in [0.2, 0.25) is 0 Å². The number of hydrazine groups is 1. The largest absolute Gasteiger partial charge is 0.271 e. The molecule has 2 aromatic rings. The summed E-state index contributed by atoms with van der Waals surface area (Å²) in [5.41, 5.74) is 7.07. The zero-order valence-corrected chi connectivity index (χ0v) is 13.9. The first-order valence-corrected chi connectivity index (χ1v) is 8.13. The molecule has 2 aromatic carbocycles. The van der Waals surface area contributed by atoms with Crippen molar-refractivity contribution in [1.82, 2.24) is 5.43 Å². The Morgan fingerprint density at radius 1 is 1.30 bits per heavy atom. The second-order valence-corrected chi connectivity index (χ2v) is 6.82. The van der Waals surface area contributed by atoms with E-state index in [2.05, 4.69) is 52.3 Å². The average Bonchev–Trinajstić information content (AvgIpc) is 2.43. The van der Waals surface area contributed by atoms with E-state index in [1.54, 1.807) is 0 Å². The molecule has 2 unspecified atom stereocenters. The van der Waals surface area contributed by atoms with Crippen molar-refractivity contribution in [2.45, 2.75) is 24.8 Å². The third-order valence-corrected chi connectivity index (χ3v) is 5.23. The zero-order valence-electron chi connectivity index (χ0n) is 10.9. The van der Waals surface area contributed by atoms with Crippen molar-refractivity contribution in [3.8, 4) is 0 Å². The molecule has 0 aromatic heterocycles. The van der Waals surface area contributed by atoms with Crippen LogP contribution in [0.5, 0.6) is 0 Å². The fraction of sp³-hybridized carbons (Fsp3) is 0.250. The Morgan fingerprint density at radius 3 is 2.85 bits per heavy atom. The van der Waals surface area contributed by atoms with E-state index in [1.165, 1.54) is 20.3 Å². The van der Waals surface area contributed by atoms with Gasteiger partial charge in [-0.1, -0.05) is 35.9 Å². The molecule has 0 heterocycles. The van der Waals surface area contributed by atoms with Crippen LogP contribution in [0.1, 0.15) is 35.1 Å². The highest BCUT2D eigenvalue weighted by atomic mass is 127. The summed E-state index contributed by atoms with van der Waals surface area (Å²) in [7, 11) is 0. The van der Waals surface area contributed by atoms with Crippen LogP contribution >= 0.6 is 34.2 Å². The lowest BCUT2D eigenvalue weighted by molar-refractivity contribution is 0.434. The Morgan fingerprint density at radius 2 is 2.10 bits per heavy atom. The Balaban J connectivity index is 1.80. The van der Waals surface area contributed by atoms with Crippen LogP contribution in [0.25, 0.3) is 0 Å². The van der Waals surface area contributed by atoms with E-state index >= 15 is 0 Å². The van der Waals surface area contributed by atoms with E-state index in [1.807, 2.05) is 18.2 Å². The molecule has 3 rings (SSSR count). The molecule has 0 aliphatic heterocycles. The molecule has 1 aliphatic rings. The lowest BCUT2D eigenvalue weighted by Crippen LogP contribution is -2.32. The van der Waals surface area contributed by atoms with Gasteiger partial charge in [0.05, 0.1) is 0 Å². The highest BCUT2D eigenvalue weighted by Crippen LogP contribution is 2.41. The van der Waals surface area contributed by atoms with Gasteiger partial charge in [-0.05, 0) is 76.2 Å². The summed E-state index contributed by atoms with van der Waals surface area (Å²) in [5.74, 6) is 6.36.